The lowest BCUT2D eigenvalue weighted by atomic mass is 10.2. The zero-order valence-corrected chi connectivity index (χ0v) is 12.4. The Balaban J connectivity index is 2.69. The van der Waals surface area contributed by atoms with E-state index in [-0.39, 0.29) is 0 Å². The van der Waals surface area contributed by atoms with Crippen LogP contribution in [-0.4, -0.2) is 44.2 Å². The standard InChI is InChI=1S/C14H20ClNO3/c1-4-16(5-2)8-9-19-13-7-6-11(15)10-12(13)14(17)18-3/h6-7,10H,4-5,8-9H2,1-3H3. The average Bonchev–Trinajstić information content (AvgIpc) is 2.44. The predicted molar refractivity (Wildman–Crippen MR) is 76.1 cm³/mol. The first-order chi connectivity index (χ1) is 9.12. The number of esters is 1. The number of likely N-dealkylation sites (N-methyl/N-ethyl adjacent to an activating group) is 1. The molecule has 0 aliphatic carbocycles. The Bertz CT molecular complexity index is 419. The van der Waals surface area contributed by atoms with Gasteiger partial charge in [-0.2, -0.15) is 0 Å². The van der Waals surface area contributed by atoms with Crippen molar-refractivity contribution < 1.29 is 14.3 Å². The lowest BCUT2D eigenvalue weighted by molar-refractivity contribution is 0.0595. The summed E-state index contributed by atoms with van der Waals surface area (Å²) in [6.45, 7) is 7.50. The van der Waals surface area contributed by atoms with Crippen LogP contribution in [0.15, 0.2) is 18.2 Å². The van der Waals surface area contributed by atoms with E-state index in [0.717, 1.165) is 19.6 Å². The number of carbonyl (C=O) groups excluding carboxylic acids is 1. The summed E-state index contributed by atoms with van der Waals surface area (Å²) in [7, 11) is 1.34. The van der Waals surface area contributed by atoms with Crippen LogP contribution in [0.4, 0.5) is 0 Å². The summed E-state index contributed by atoms with van der Waals surface area (Å²) in [5.74, 6) is 0.0590. The number of benzene rings is 1. The highest BCUT2D eigenvalue weighted by Crippen LogP contribution is 2.23. The molecule has 0 heterocycles. The fourth-order valence-corrected chi connectivity index (χ4v) is 1.89. The maximum atomic E-state index is 11.6. The van der Waals surface area contributed by atoms with Gasteiger partial charge in [-0.1, -0.05) is 25.4 Å². The first-order valence-electron chi connectivity index (χ1n) is 6.35. The van der Waals surface area contributed by atoms with Crippen molar-refractivity contribution in [1.29, 1.82) is 0 Å². The third-order valence-corrected chi connectivity index (χ3v) is 3.14. The highest BCUT2D eigenvalue weighted by atomic mass is 35.5. The van der Waals surface area contributed by atoms with Crippen LogP contribution in [0.2, 0.25) is 5.02 Å². The van der Waals surface area contributed by atoms with E-state index in [1.54, 1.807) is 18.2 Å². The molecule has 0 spiro atoms. The van der Waals surface area contributed by atoms with Gasteiger partial charge in [-0.3, -0.25) is 0 Å². The molecule has 0 aliphatic rings. The number of methoxy groups -OCH3 is 1. The first-order valence-corrected chi connectivity index (χ1v) is 6.73. The van der Waals surface area contributed by atoms with Gasteiger partial charge in [0.25, 0.3) is 0 Å². The molecule has 0 unspecified atom stereocenters. The van der Waals surface area contributed by atoms with Crippen molar-refractivity contribution in [3.05, 3.63) is 28.8 Å². The van der Waals surface area contributed by atoms with Gasteiger partial charge in [0.2, 0.25) is 0 Å². The molecule has 0 atom stereocenters. The Morgan fingerprint density at radius 1 is 1.32 bits per heavy atom. The van der Waals surface area contributed by atoms with Crippen molar-refractivity contribution in [3.63, 3.8) is 0 Å². The average molecular weight is 286 g/mol. The van der Waals surface area contributed by atoms with Crippen LogP contribution >= 0.6 is 11.6 Å². The molecule has 0 saturated heterocycles. The summed E-state index contributed by atoms with van der Waals surface area (Å²) in [5, 5.41) is 0.483. The van der Waals surface area contributed by atoms with Crippen molar-refractivity contribution >= 4 is 17.6 Å². The molecule has 106 valence electrons. The van der Waals surface area contributed by atoms with Gasteiger partial charge >= 0.3 is 5.97 Å². The fourth-order valence-electron chi connectivity index (χ4n) is 1.72. The third kappa shape index (κ3) is 4.73. The topological polar surface area (TPSA) is 38.8 Å². The summed E-state index contributed by atoms with van der Waals surface area (Å²) in [6.07, 6.45) is 0. The molecule has 5 heteroatoms. The van der Waals surface area contributed by atoms with E-state index in [1.807, 2.05) is 0 Å². The minimum Gasteiger partial charge on any atom is -0.491 e. The van der Waals surface area contributed by atoms with Gasteiger partial charge in [0.1, 0.15) is 17.9 Å². The summed E-state index contributed by atoms with van der Waals surface area (Å²) in [5.41, 5.74) is 0.356. The number of rotatable bonds is 7. The second kappa shape index (κ2) is 8.02. The van der Waals surface area contributed by atoms with E-state index in [1.165, 1.54) is 7.11 Å². The van der Waals surface area contributed by atoms with Gasteiger partial charge < -0.3 is 14.4 Å². The SMILES string of the molecule is CCN(CC)CCOc1ccc(Cl)cc1C(=O)OC. The molecular weight excluding hydrogens is 266 g/mol. The zero-order chi connectivity index (χ0) is 14.3. The van der Waals surface area contributed by atoms with Gasteiger partial charge in [0.15, 0.2) is 0 Å². The van der Waals surface area contributed by atoms with Crippen LogP contribution in [0, 0.1) is 0 Å². The normalized spacial score (nSPS) is 10.6. The quantitative estimate of drug-likeness (QED) is 0.722. The molecular formula is C14H20ClNO3. The smallest absolute Gasteiger partial charge is 0.341 e. The Kier molecular flexibility index (Phi) is 6.67. The Morgan fingerprint density at radius 2 is 2.00 bits per heavy atom. The number of hydrogen-bond donors (Lipinski definition) is 0. The third-order valence-electron chi connectivity index (χ3n) is 2.91. The number of carbonyl (C=O) groups is 1. The summed E-state index contributed by atoms with van der Waals surface area (Å²) >= 11 is 5.88. The number of nitrogens with zero attached hydrogens (tertiary/aromatic N) is 1. The van der Waals surface area contributed by atoms with Crippen molar-refractivity contribution in [2.24, 2.45) is 0 Å². The van der Waals surface area contributed by atoms with Crippen molar-refractivity contribution in [2.75, 3.05) is 33.4 Å². The molecule has 0 aliphatic heterocycles. The van der Waals surface area contributed by atoms with E-state index in [9.17, 15) is 4.79 Å². The number of halogens is 1. The molecule has 1 aromatic carbocycles. The van der Waals surface area contributed by atoms with Crippen LogP contribution in [0.1, 0.15) is 24.2 Å². The molecule has 0 amide bonds. The molecule has 0 N–H and O–H groups in total. The van der Waals surface area contributed by atoms with Crippen molar-refractivity contribution in [1.82, 2.24) is 4.90 Å². The van der Waals surface area contributed by atoms with E-state index in [4.69, 9.17) is 21.1 Å². The predicted octanol–water partition coefficient (Wildman–Crippen LogP) is 2.85. The number of ether oxygens (including phenoxy) is 2. The minimum absolute atomic E-state index is 0.356. The van der Waals surface area contributed by atoms with Crippen molar-refractivity contribution in [3.8, 4) is 5.75 Å². The zero-order valence-electron chi connectivity index (χ0n) is 11.6. The van der Waals surface area contributed by atoms with Crippen LogP contribution < -0.4 is 4.74 Å². The first kappa shape index (κ1) is 15.8. The summed E-state index contributed by atoms with van der Waals surface area (Å²) in [6, 6.07) is 4.94. The number of hydrogen-bond acceptors (Lipinski definition) is 4. The molecule has 4 nitrogen and oxygen atoms in total. The van der Waals surface area contributed by atoms with E-state index in [0.29, 0.717) is 22.9 Å². The van der Waals surface area contributed by atoms with E-state index >= 15 is 0 Å². The Hall–Kier alpha value is -1.26. The molecule has 0 bridgehead atoms. The second-order valence-corrected chi connectivity index (χ2v) is 4.44. The second-order valence-electron chi connectivity index (χ2n) is 4.01. The van der Waals surface area contributed by atoms with Gasteiger partial charge in [-0.15, -0.1) is 0 Å². The monoisotopic (exact) mass is 285 g/mol. The molecule has 19 heavy (non-hydrogen) atoms. The van der Waals surface area contributed by atoms with Gasteiger partial charge in [-0.25, -0.2) is 4.79 Å². The molecule has 0 radical (unpaired) electrons. The van der Waals surface area contributed by atoms with E-state index in [2.05, 4.69) is 18.7 Å². The summed E-state index contributed by atoms with van der Waals surface area (Å²) in [4.78, 5) is 13.9. The van der Waals surface area contributed by atoms with Gasteiger partial charge in [0.05, 0.1) is 7.11 Å². The Morgan fingerprint density at radius 3 is 2.58 bits per heavy atom. The summed E-state index contributed by atoms with van der Waals surface area (Å²) < 4.78 is 10.4. The highest BCUT2D eigenvalue weighted by molar-refractivity contribution is 6.31. The Labute approximate surface area is 119 Å². The molecule has 0 saturated carbocycles. The van der Waals surface area contributed by atoms with Crippen LogP contribution in [0.25, 0.3) is 0 Å². The molecule has 1 aromatic rings. The van der Waals surface area contributed by atoms with Crippen LogP contribution in [-0.2, 0) is 4.74 Å². The molecule has 0 fully saturated rings. The molecule has 0 aromatic heterocycles. The minimum atomic E-state index is -0.444. The van der Waals surface area contributed by atoms with Crippen LogP contribution in [0.5, 0.6) is 5.75 Å². The lowest BCUT2D eigenvalue weighted by Gasteiger charge is -2.18. The fraction of sp³-hybridized carbons (Fsp3) is 0.500. The van der Waals surface area contributed by atoms with E-state index < -0.39 is 5.97 Å². The van der Waals surface area contributed by atoms with Gasteiger partial charge in [0, 0.05) is 11.6 Å². The lowest BCUT2D eigenvalue weighted by Crippen LogP contribution is -2.28. The van der Waals surface area contributed by atoms with Crippen LogP contribution in [0.3, 0.4) is 0 Å². The maximum Gasteiger partial charge on any atom is 0.341 e. The van der Waals surface area contributed by atoms with Crippen molar-refractivity contribution in [2.45, 2.75) is 13.8 Å². The largest absolute Gasteiger partial charge is 0.491 e. The van der Waals surface area contributed by atoms with Gasteiger partial charge in [-0.05, 0) is 31.3 Å². The highest BCUT2D eigenvalue weighted by Gasteiger charge is 2.14. The maximum absolute atomic E-state index is 11.6. The molecule has 1 rings (SSSR count).